The van der Waals surface area contributed by atoms with Crippen LogP contribution in [0.15, 0.2) is 18.2 Å². The van der Waals surface area contributed by atoms with Crippen LogP contribution in [-0.4, -0.2) is 45.9 Å². The number of halogens is 3. The van der Waals surface area contributed by atoms with Crippen molar-refractivity contribution in [1.82, 2.24) is 4.90 Å². The number of hydrogen-bond donors (Lipinski definition) is 2. The molecule has 148 valence electrons. The molecule has 1 aliphatic heterocycles. The second kappa shape index (κ2) is 7.80. The molecule has 11 heteroatoms. The number of nitro groups is 1. The molecule has 1 amide bonds. The summed E-state index contributed by atoms with van der Waals surface area (Å²) in [5.74, 6) is -1.94. The molecule has 0 aliphatic carbocycles. The van der Waals surface area contributed by atoms with Crippen LogP contribution in [0.25, 0.3) is 0 Å². The van der Waals surface area contributed by atoms with E-state index in [0.717, 1.165) is 12.1 Å². The molecule has 1 aromatic carbocycles. The Labute approximate surface area is 152 Å². The highest BCUT2D eigenvalue weighted by Crippen LogP contribution is 2.35. The molecule has 0 aromatic heterocycles. The highest BCUT2D eigenvalue weighted by atomic mass is 19.4. The van der Waals surface area contributed by atoms with Crippen LogP contribution in [0.3, 0.4) is 0 Å². The van der Waals surface area contributed by atoms with Crippen molar-refractivity contribution in [3.8, 4) is 0 Å². The van der Waals surface area contributed by atoms with E-state index in [4.69, 9.17) is 5.11 Å². The van der Waals surface area contributed by atoms with Gasteiger partial charge in [0, 0.05) is 31.6 Å². The fourth-order valence-corrected chi connectivity index (χ4v) is 3.08. The number of carboxylic acids is 1. The standard InChI is InChI=1S/C16H18F3N3O5/c1-9-11(15(24)25)5-7-21(9)14(23)4-6-20-12-3-2-10(16(17,18)19)8-13(12)22(26)27/h2-3,8-9,11,20H,4-7H2,1H3,(H,24,25). The first-order valence-corrected chi connectivity index (χ1v) is 8.14. The Morgan fingerprint density at radius 3 is 2.59 bits per heavy atom. The number of carbonyl (C=O) groups excluding carboxylic acids is 1. The monoisotopic (exact) mass is 389 g/mol. The number of rotatable bonds is 6. The minimum atomic E-state index is -4.70. The predicted molar refractivity (Wildman–Crippen MR) is 88.1 cm³/mol. The maximum Gasteiger partial charge on any atom is 0.416 e. The van der Waals surface area contributed by atoms with Crippen LogP contribution < -0.4 is 5.32 Å². The first kappa shape index (κ1) is 20.5. The Balaban J connectivity index is 2.00. The molecule has 2 unspecified atom stereocenters. The molecule has 1 fully saturated rings. The molecule has 8 nitrogen and oxygen atoms in total. The summed E-state index contributed by atoms with van der Waals surface area (Å²) in [6.07, 6.45) is -4.43. The lowest BCUT2D eigenvalue weighted by Gasteiger charge is -2.23. The molecular weight excluding hydrogens is 371 g/mol. The fraction of sp³-hybridized carbons (Fsp3) is 0.500. The zero-order valence-electron chi connectivity index (χ0n) is 14.3. The fourth-order valence-electron chi connectivity index (χ4n) is 3.08. The minimum Gasteiger partial charge on any atom is -0.481 e. The van der Waals surface area contributed by atoms with Gasteiger partial charge in [-0.25, -0.2) is 0 Å². The lowest BCUT2D eigenvalue weighted by Crippen LogP contribution is -2.38. The molecule has 2 atom stereocenters. The number of amides is 1. The van der Waals surface area contributed by atoms with Gasteiger partial charge in [0.15, 0.2) is 0 Å². The van der Waals surface area contributed by atoms with E-state index < -0.39 is 40.3 Å². The second-order valence-corrected chi connectivity index (χ2v) is 6.22. The number of nitro benzene ring substituents is 1. The zero-order valence-corrected chi connectivity index (χ0v) is 14.3. The van der Waals surface area contributed by atoms with E-state index in [0.29, 0.717) is 19.0 Å². The summed E-state index contributed by atoms with van der Waals surface area (Å²) in [5, 5.41) is 22.7. The highest BCUT2D eigenvalue weighted by molar-refractivity contribution is 5.80. The van der Waals surface area contributed by atoms with Crippen molar-refractivity contribution in [2.75, 3.05) is 18.4 Å². The Morgan fingerprint density at radius 2 is 2.07 bits per heavy atom. The Hall–Kier alpha value is -2.85. The number of carbonyl (C=O) groups is 2. The van der Waals surface area contributed by atoms with Gasteiger partial charge < -0.3 is 15.3 Å². The molecule has 2 N–H and O–H groups in total. The maximum atomic E-state index is 12.7. The summed E-state index contributed by atoms with van der Waals surface area (Å²) in [7, 11) is 0. The Kier molecular flexibility index (Phi) is 5.91. The van der Waals surface area contributed by atoms with Crippen LogP contribution in [0.1, 0.15) is 25.3 Å². The third kappa shape index (κ3) is 4.66. The topological polar surface area (TPSA) is 113 Å². The number of nitrogens with one attached hydrogen (secondary N) is 1. The quantitative estimate of drug-likeness (QED) is 0.571. The van der Waals surface area contributed by atoms with Gasteiger partial charge in [-0.2, -0.15) is 13.2 Å². The lowest BCUT2D eigenvalue weighted by molar-refractivity contribution is -0.384. The van der Waals surface area contributed by atoms with E-state index in [-0.39, 0.29) is 24.6 Å². The van der Waals surface area contributed by atoms with Crippen LogP contribution in [0.4, 0.5) is 24.5 Å². The number of anilines is 1. The molecule has 1 aliphatic rings. The molecule has 2 rings (SSSR count). The third-order valence-corrected chi connectivity index (χ3v) is 4.57. The largest absolute Gasteiger partial charge is 0.481 e. The summed E-state index contributed by atoms with van der Waals surface area (Å²) < 4.78 is 38.1. The summed E-state index contributed by atoms with van der Waals surface area (Å²) in [6.45, 7) is 1.90. The Bertz CT molecular complexity index is 753. The normalized spacial score (nSPS) is 19.8. The van der Waals surface area contributed by atoms with Crippen molar-refractivity contribution in [1.29, 1.82) is 0 Å². The SMILES string of the molecule is CC1C(C(=O)O)CCN1C(=O)CCNc1ccc(C(F)(F)F)cc1[N+](=O)[O-]. The average molecular weight is 389 g/mol. The van der Waals surface area contributed by atoms with Gasteiger partial charge in [-0.05, 0) is 25.5 Å². The number of likely N-dealkylation sites (tertiary alicyclic amines) is 1. The van der Waals surface area contributed by atoms with E-state index in [2.05, 4.69) is 5.32 Å². The first-order valence-electron chi connectivity index (χ1n) is 8.14. The van der Waals surface area contributed by atoms with Gasteiger partial charge in [0.1, 0.15) is 5.69 Å². The van der Waals surface area contributed by atoms with Gasteiger partial charge in [0.05, 0.1) is 16.4 Å². The van der Waals surface area contributed by atoms with Gasteiger partial charge in [-0.3, -0.25) is 19.7 Å². The van der Waals surface area contributed by atoms with Crippen molar-refractivity contribution in [3.05, 3.63) is 33.9 Å². The number of benzene rings is 1. The number of alkyl halides is 3. The number of carboxylic acid groups (broad SMARTS) is 1. The van der Waals surface area contributed by atoms with Crippen LogP contribution in [0.2, 0.25) is 0 Å². The van der Waals surface area contributed by atoms with Crippen molar-refractivity contribution in [3.63, 3.8) is 0 Å². The van der Waals surface area contributed by atoms with E-state index in [9.17, 15) is 32.9 Å². The molecule has 1 saturated heterocycles. The smallest absolute Gasteiger partial charge is 0.416 e. The summed E-state index contributed by atoms with van der Waals surface area (Å²) in [6, 6.07) is 1.64. The lowest BCUT2D eigenvalue weighted by atomic mass is 10.0. The molecule has 1 aromatic rings. The minimum absolute atomic E-state index is 0.0357. The van der Waals surface area contributed by atoms with E-state index in [1.807, 2.05) is 0 Å². The molecular formula is C16H18F3N3O5. The van der Waals surface area contributed by atoms with Gasteiger partial charge >= 0.3 is 12.1 Å². The Morgan fingerprint density at radius 1 is 1.41 bits per heavy atom. The summed E-state index contributed by atoms with van der Waals surface area (Å²) in [4.78, 5) is 34.8. The van der Waals surface area contributed by atoms with Crippen molar-refractivity contribution in [2.45, 2.75) is 32.0 Å². The molecule has 27 heavy (non-hydrogen) atoms. The van der Waals surface area contributed by atoms with E-state index >= 15 is 0 Å². The van der Waals surface area contributed by atoms with Crippen LogP contribution in [0, 0.1) is 16.0 Å². The molecule has 0 spiro atoms. The highest BCUT2D eigenvalue weighted by Gasteiger charge is 2.38. The van der Waals surface area contributed by atoms with Crippen molar-refractivity contribution >= 4 is 23.3 Å². The van der Waals surface area contributed by atoms with E-state index in [1.165, 1.54) is 4.90 Å². The van der Waals surface area contributed by atoms with Gasteiger partial charge in [0.25, 0.3) is 5.69 Å². The average Bonchev–Trinajstić information content (AvgIpc) is 2.95. The molecule has 0 radical (unpaired) electrons. The van der Waals surface area contributed by atoms with Crippen LogP contribution >= 0.6 is 0 Å². The van der Waals surface area contributed by atoms with Crippen LogP contribution in [0.5, 0.6) is 0 Å². The number of hydrogen-bond acceptors (Lipinski definition) is 5. The van der Waals surface area contributed by atoms with Gasteiger partial charge in [-0.1, -0.05) is 0 Å². The first-order chi connectivity index (χ1) is 12.5. The van der Waals surface area contributed by atoms with Crippen LogP contribution in [-0.2, 0) is 15.8 Å². The van der Waals surface area contributed by atoms with Crippen molar-refractivity contribution in [2.24, 2.45) is 5.92 Å². The summed E-state index contributed by atoms with van der Waals surface area (Å²) in [5.41, 5.74) is -2.00. The van der Waals surface area contributed by atoms with Gasteiger partial charge in [-0.15, -0.1) is 0 Å². The second-order valence-electron chi connectivity index (χ2n) is 6.22. The number of aliphatic carboxylic acids is 1. The molecule has 0 bridgehead atoms. The molecule has 0 saturated carbocycles. The number of nitrogens with zero attached hydrogens (tertiary/aromatic N) is 2. The molecule has 1 heterocycles. The maximum absolute atomic E-state index is 12.7. The predicted octanol–water partition coefficient (Wildman–Crippen LogP) is 2.74. The van der Waals surface area contributed by atoms with Crippen molar-refractivity contribution < 1.29 is 32.8 Å². The van der Waals surface area contributed by atoms with E-state index in [1.54, 1.807) is 6.92 Å². The zero-order chi connectivity index (χ0) is 20.4. The van der Waals surface area contributed by atoms with Gasteiger partial charge in [0.2, 0.25) is 5.91 Å². The third-order valence-electron chi connectivity index (χ3n) is 4.57. The summed E-state index contributed by atoms with van der Waals surface area (Å²) >= 11 is 0.